The zero-order chi connectivity index (χ0) is 21.4. The molecule has 0 bridgehead atoms. The van der Waals surface area contributed by atoms with Crippen molar-refractivity contribution in [2.75, 3.05) is 49.1 Å². The monoisotopic (exact) mass is 418 g/mol. The molecule has 0 aromatic carbocycles. The predicted molar refractivity (Wildman–Crippen MR) is 119 cm³/mol. The minimum atomic E-state index is 0.151. The van der Waals surface area contributed by atoms with E-state index in [4.69, 9.17) is 9.72 Å². The second-order valence-corrected chi connectivity index (χ2v) is 8.17. The van der Waals surface area contributed by atoms with Crippen LogP contribution in [-0.2, 0) is 4.74 Å². The van der Waals surface area contributed by atoms with Crippen LogP contribution in [0, 0.1) is 11.3 Å². The lowest BCUT2D eigenvalue weighted by atomic mass is 10.2. The van der Waals surface area contributed by atoms with E-state index in [1.54, 1.807) is 24.7 Å². The summed E-state index contributed by atoms with van der Waals surface area (Å²) in [5.74, 6) is 1.62. The number of pyridine rings is 1. The van der Waals surface area contributed by atoms with Crippen molar-refractivity contribution in [2.24, 2.45) is 0 Å². The molecular formula is C22H26N8O. The minimum Gasteiger partial charge on any atom is -0.375 e. The molecule has 2 fully saturated rings. The SMILES string of the molecule is C[C@@H]1CN(c2cn(-c3cc(C#N)ccn3)c3ncnc(N4CCNC[C@@H]4C)c23)CCO1. The molecular weight excluding hydrogens is 392 g/mol. The fourth-order valence-electron chi connectivity index (χ4n) is 4.47. The molecule has 3 aromatic rings. The summed E-state index contributed by atoms with van der Waals surface area (Å²) in [6, 6.07) is 6.03. The molecule has 2 aliphatic heterocycles. The molecule has 5 rings (SSSR count). The van der Waals surface area contributed by atoms with Crippen LogP contribution in [0.1, 0.15) is 19.4 Å². The fourth-order valence-corrected chi connectivity index (χ4v) is 4.47. The molecule has 9 nitrogen and oxygen atoms in total. The number of piperazine rings is 1. The summed E-state index contributed by atoms with van der Waals surface area (Å²) in [6.45, 7) is 9.33. The maximum absolute atomic E-state index is 9.36. The first-order valence-corrected chi connectivity index (χ1v) is 10.7. The third kappa shape index (κ3) is 3.58. The minimum absolute atomic E-state index is 0.151. The Bertz CT molecular complexity index is 1140. The normalized spacial score (nSPS) is 22.0. The molecule has 1 N–H and O–H groups in total. The summed E-state index contributed by atoms with van der Waals surface area (Å²) in [6.07, 6.45) is 5.52. The third-order valence-electron chi connectivity index (χ3n) is 6.02. The summed E-state index contributed by atoms with van der Waals surface area (Å²) >= 11 is 0. The summed E-state index contributed by atoms with van der Waals surface area (Å²) < 4.78 is 7.76. The van der Waals surface area contributed by atoms with Crippen molar-refractivity contribution in [3.63, 3.8) is 0 Å². The van der Waals surface area contributed by atoms with Crippen molar-refractivity contribution in [3.8, 4) is 11.9 Å². The van der Waals surface area contributed by atoms with E-state index in [-0.39, 0.29) is 6.10 Å². The second-order valence-electron chi connectivity index (χ2n) is 8.17. The van der Waals surface area contributed by atoms with Crippen molar-refractivity contribution >= 4 is 22.5 Å². The van der Waals surface area contributed by atoms with Gasteiger partial charge in [0.25, 0.3) is 0 Å². The molecule has 0 aliphatic carbocycles. The average Bonchev–Trinajstić information content (AvgIpc) is 3.20. The van der Waals surface area contributed by atoms with Gasteiger partial charge >= 0.3 is 0 Å². The molecule has 2 atom stereocenters. The number of ether oxygens (including phenoxy) is 1. The van der Waals surface area contributed by atoms with Gasteiger partial charge in [-0.2, -0.15) is 5.26 Å². The Morgan fingerprint density at radius 1 is 1.23 bits per heavy atom. The van der Waals surface area contributed by atoms with E-state index in [9.17, 15) is 5.26 Å². The standard InChI is InChI=1S/C22H26N8O/c1-15-11-24-5-6-29(15)21-20-18(28-7-8-31-16(2)12-28)13-30(22(20)27-14-26-21)19-9-17(10-23)3-4-25-19/h3-4,9,13-16,24H,5-8,11-12H2,1-2H3/t15-,16+/m0/s1. The third-order valence-corrected chi connectivity index (χ3v) is 6.02. The summed E-state index contributed by atoms with van der Waals surface area (Å²) in [5, 5.41) is 13.8. The van der Waals surface area contributed by atoms with E-state index < -0.39 is 0 Å². The number of morpholine rings is 1. The molecule has 0 unspecified atom stereocenters. The van der Waals surface area contributed by atoms with E-state index in [0.717, 1.165) is 55.3 Å². The summed E-state index contributed by atoms with van der Waals surface area (Å²) in [7, 11) is 0. The number of nitriles is 1. The second kappa shape index (κ2) is 8.13. The van der Waals surface area contributed by atoms with E-state index in [1.165, 1.54) is 0 Å². The maximum atomic E-state index is 9.36. The van der Waals surface area contributed by atoms with Gasteiger partial charge in [-0.3, -0.25) is 4.57 Å². The van der Waals surface area contributed by atoms with E-state index in [0.29, 0.717) is 24.0 Å². The quantitative estimate of drug-likeness (QED) is 0.687. The molecule has 9 heteroatoms. The molecule has 2 saturated heterocycles. The number of hydrogen-bond donors (Lipinski definition) is 1. The van der Waals surface area contributed by atoms with Gasteiger partial charge in [-0.25, -0.2) is 15.0 Å². The van der Waals surface area contributed by atoms with Crippen LogP contribution in [0.5, 0.6) is 0 Å². The smallest absolute Gasteiger partial charge is 0.153 e. The van der Waals surface area contributed by atoms with E-state index in [1.807, 2.05) is 4.57 Å². The first kappa shape index (κ1) is 19.7. The number of fused-ring (bicyclic) bond motifs is 1. The van der Waals surface area contributed by atoms with Crippen molar-refractivity contribution in [1.82, 2.24) is 24.8 Å². The Balaban J connectivity index is 1.72. The number of nitrogens with one attached hydrogen (secondary N) is 1. The van der Waals surface area contributed by atoms with Crippen LogP contribution in [0.4, 0.5) is 11.5 Å². The van der Waals surface area contributed by atoms with Gasteiger partial charge in [0, 0.05) is 51.2 Å². The Hall–Kier alpha value is -3.22. The molecule has 0 spiro atoms. The van der Waals surface area contributed by atoms with Crippen LogP contribution in [0.3, 0.4) is 0 Å². The van der Waals surface area contributed by atoms with Crippen LogP contribution < -0.4 is 15.1 Å². The van der Waals surface area contributed by atoms with Crippen LogP contribution in [0.15, 0.2) is 30.9 Å². The van der Waals surface area contributed by atoms with Gasteiger partial charge in [-0.1, -0.05) is 0 Å². The van der Waals surface area contributed by atoms with Crippen LogP contribution in [-0.4, -0.2) is 71.0 Å². The van der Waals surface area contributed by atoms with Gasteiger partial charge in [0.2, 0.25) is 0 Å². The summed E-state index contributed by atoms with van der Waals surface area (Å²) in [5.41, 5.74) is 2.45. The lowest BCUT2D eigenvalue weighted by Gasteiger charge is -2.36. The maximum Gasteiger partial charge on any atom is 0.153 e. The van der Waals surface area contributed by atoms with Crippen molar-refractivity contribution in [3.05, 3.63) is 36.4 Å². The van der Waals surface area contributed by atoms with Crippen molar-refractivity contribution in [2.45, 2.75) is 26.0 Å². The van der Waals surface area contributed by atoms with Gasteiger partial charge in [-0.05, 0) is 26.0 Å². The number of aromatic nitrogens is 4. The Labute approximate surface area is 181 Å². The van der Waals surface area contributed by atoms with E-state index in [2.05, 4.69) is 51.2 Å². The van der Waals surface area contributed by atoms with Crippen LogP contribution in [0.25, 0.3) is 16.9 Å². The van der Waals surface area contributed by atoms with Crippen molar-refractivity contribution < 1.29 is 4.74 Å². The molecule has 31 heavy (non-hydrogen) atoms. The molecule has 3 aromatic heterocycles. The lowest BCUT2D eigenvalue weighted by molar-refractivity contribution is 0.0533. The molecule has 160 valence electrons. The lowest BCUT2D eigenvalue weighted by Crippen LogP contribution is -2.50. The summed E-state index contributed by atoms with van der Waals surface area (Å²) in [4.78, 5) is 18.6. The first-order valence-electron chi connectivity index (χ1n) is 10.7. The van der Waals surface area contributed by atoms with Gasteiger partial charge in [-0.15, -0.1) is 0 Å². The first-order chi connectivity index (χ1) is 15.2. The van der Waals surface area contributed by atoms with E-state index >= 15 is 0 Å². The Kier molecular flexibility index (Phi) is 5.18. The van der Waals surface area contributed by atoms with Crippen molar-refractivity contribution in [1.29, 1.82) is 5.26 Å². The molecule has 0 radical (unpaired) electrons. The Morgan fingerprint density at radius 2 is 2.13 bits per heavy atom. The fraction of sp³-hybridized carbons (Fsp3) is 0.455. The highest BCUT2D eigenvalue weighted by molar-refractivity contribution is 6.00. The average molecular weight is 419 g/mol. The topological polar surface area (TPSA) is 95.1 Å². The van der Waals surface area contributed by atoms with Crippen LogP contribution >= 0.6 is 0 Å². The molecule has 0 amide bonds. The van der Waals surface area contributed by atoms with Gasteiger partial charge in [0.15, 0.2) is 5.65 Å². The molecule has 0 saturated carbocycles. The number of rotatable bonds is 3. The number of hydrogen-bond acceptors (Lipinski definition) is 8. The molecule has 2 aliphatic rings. The van der Waals surface area contributed by atoms with Gasteiger partial charge in [0.1, 0.15) is 18.0 Å². The highest BCUT2D eigenvalue weighted by Crippen LogP contribution is 2.37. The molecule has 5 heterocycles. The van der Waals surface area contributed by atoms with Gasteiger partial charge < -0.3 is 19.9 Å². The Morgan fingerprint density at radius 3 is 2.94 bits per heavy atom. The van der Waals surface area contributed by atoms with Gasteiger partial charge in [0.05, 0.1) is 35.4 Å². The predicted octanol–water partition coefficient (Wildman–Crippen LogP) is 1.71. The number of anilines is 2. The zero-order valence-corrected chi connectivity index (χ0v) is 17.8. The highest BCUT2D eigenvalue weighted by Gasteiger charge is 2.28. The van der Waals surface area contributed by atoms with Crippen LogP contribution in [0.2, 0.25) is 0 Å². The zero-order valence-electron chi connectivity index (χ0n) is 17.8. The largest absolute Gasteiger partial charge is 0.375 e. The number of nitrogens with zero attached hydrogens (tertiary/aromatic N) is 7. The highest BCUT2D eigenvalue weighted by atomic mass is 16.5.